The molecule has 2 aliphatic rings. The summed E-state index contributed by atoms with van der Waals surface area (Å²) in [6.07, 6.45) is 4.46. The number of likely N-dealkylation sites (tertiary alicyclic amines) is 1. The molecule has 1 aromatic heterocycles. The van der Waals surface area contributed by atoms with Gasteiger partial charge >= 0.3 is 0 Å². The van der Waals surface area contributed by atoms with Crippen LogP contribution in [0.1, 0.15) is 75.4 Å². The van der Waals surface area contributed by atoms with Crippen LogP contribution in [0.15, 0.2) is 23.6 Å². The van der Waals surface area contributed by atoms with Gasteiger partial charge in [0.05, 0.1) is 10.7 Å². The molecule has 4 rings (SSSR count). The van der Waals surface area contributed by atoms with Crippen molar-refractivity contribution in [2.45, 2.75) is 70.1 Å². The average Bonchev–Trinajstić information content (AvgIpc) is 3.22. The molecule has 0 saturated carbocycles. The molecular weight excluding hydrogens is 364 g/mol. The SMILES string of the molecule is CC1(C)CC(C)(C)c2cc(-c3csc(C4CCN(CCCO)CC4)n3)ccc21. The van der Waals surface area contributed by atoms with Crippen LogP contribution in [-0.4, -0.2) is 41.2 Å². The molecule has 3 nitrogen and oxygen atoms in total. The van der Waals surface area contributed by atoms with Crippen molar-refractivity contribution in [2.75, 3.05) is 26.2 Å². The highest BCUT2D eigenvalue weighted by molar-refractivity contribution is 7.10. The highest BCUT2D eigenvalue weighted by Crippen LogP contribution is 2.50. The number of nitrogens with zero attached hydrogens (tertiary/aromatic N) is 2. The van der Waals surface area contributed by atoms with Crippen LogP contribution in [0.2, 0.25) is 0 Å². The summed E-state index contributed by atoms with van der Waals surface area (Å²) in [4.78, 5) is 7.54. The fourth-order valence-corrected chi connectivity index (χ4v) is 6.45. The van der Waals surface area contributed by atoms with Crippen LogP contribution in [0.5, 0.6) is 0 Å². The van der Waals surface area contributed by atoms with Crippen molar-refractivity contribution in [2.24, 2.45) is 0 Å². The molecule has 1 saturated heterocycles. The molecule has 152 valence electrons. The van der Waals surface area contributed by atoms with Crippen molar-refractivity contribution in [3.8, 4) is 11.3 Å². The second-order valence-electron chi connectivity index (χ2n) is 9.97. The first-order valence-corrected chi connectivity index (χ1v) is 11.6. The number of aliphatic hydroxyl groups is 1. The van der Waals surface area contributed by atoms with Gasteiger partial charge in [-0.25, -0.2) is 4.98 Å². The van der Waals surface area contributed by atoms with E-state index in [1.54, 1.807) is 0 Å². The predicted octanol–water partition coefficient (Wildman–Crippen LogP) is 5.33. The van der Waals surface area contributed by atoms with E-state index < -0.39 is 0 Å². The third kappa shape index (κ3) is 3.79. The number of thiazole rings is 1. The van der Waals surface area contributed by atoms with Crippen LogP contribution in [0.4, 0.5) is 0 Å². The van der Waals surface area contributed by atoms with Crippen molar-refractivity contribution in [3.05, 3.63) is 39.7 Å². The number of rotatable bonds is 5. The Morgan fingerprint density at radius 1 is 1.11 bits per heavy atom. The van der Waals surface area contributed by atoms with E-state index >= 15 is 0 Å². The van der Waals surface area contributed by atoms with E-state index in [1.165, 1.54) is 41.0 Å². The number of benzene rings is 1. The molecule has 28 heavy (non-hydrogen) atoms. The molecule has 0 atom stereocenters. The topological polar surface area (TPSA) is 36.4 Å². The lowest BCUT2D eigenvalue weighted by molar-refractivity contribution is 0.187. The van der Waals surface area contributed by atoms with Gasteiger partial charge in [0.2, 0.25) is 0 Å². The monoisotopic (exact) mass is 398 g/mol. The van der Waals surface area contributed by atoms with Gasteiger partial charge in [0.15, 0.2) is 0 Å². The first-order valence-electron chi connectivity index (χ1n) is 10.7. The Balaban J connectivity index is 1.50. The molecule has 2 aromatic rings. The van der Waals surface area contributed by atoms with Crippen LogP contribution >= 0.6 is 11.3 Å². The first kappa shape index (κ1) is 20.1. The fourth-order valence-electron chi connectivity index (χ4n) is 5.45. The quantitative estimate of drug-likeness (QED) is 0.739. The van der Waals surface area contributed by atoms with Crippen molar-refractivity contribution in [3.63, 3.8) is 0 Å². The minimum atomic E-state index is 0.231. The maximum absolute atomic E-state index is 9.02. The predicted molar refractivity (Wildman–Crippen MR) is 118 cm³/mol. The second-order valence-corrected chi connectivity index (χ2v) is 10.9. The van der Waals surface area contributed by atoms with E-state index in [9.17, 15) is 0 Å². The highest BCUT2D eigenvalue weighted by Gasteiger charge is 2.41. The zero-order valence-corrected chi connectivity index (χ0v) is 18.6. The lowest BCUT2D eigenvalue weighted by Crippen LogP contribution is -2.34. The van der Waals surface area contributed by atoms with Crippen LogP contribution in [0.25, 0.3) is 11.3 Å². The highest BCUT2D eigenvalue weighted by atomic mass is 32.1. The Labute approximate surface area is 173 Å². The zero-order valence-electron chi connectivity index (χ0n) is 17.8. The van der Waals surface area contributed by atoms with Crippen molar-refractivity contribution < 1.29 is 5.11 Å². The van der Waals surface area contributed by atoms with E-state index in [4.69, 9.17) is 10.1 Å². The van der Waals surface area contributed by atoms with E-state index in [0.717, 1.165) is 31.7 Å². The third-order valence-corrected chi connectivity index (χ3v) is 7.76. The summed E-state index contributed by atoms with van der Waals surface area (Å²) in [6.45, 7) is 13.1. The molecule has 4 heteroatoms. The number of piperidine rings is 1. The van der Waals surface area contributed by atoms with Gasteiger partial charge in [0.25, 0.3) is 0 Å². The molecule has 0 amide bonds. The molecule has 1 N–H and O–H groups in total. The van der Waals surface area contributed by atoms with Gasteiger partial charge < -0.3 is 10.0 Å². The normalized spacial score (nSPS) is 21.8. The van der Waals surface area contributed by atoms with Gasteiger partial charge in [-0.05, 0) is 66.8 Å². The fraction of sp³-hybridized carbons (Fsp3) is 0.625. The summed E-state index contributed by atoms with van der Waals surface area (Å²) in [5, 5.41) is 12.6. The van der Waals surface area contributed by atoms with Crippen LogP contribution < -0.4 is 0 Å². The number of aliphatic hydroxyl groups excluding tert-OH is 1. The molecule has 0 unspecified atom stereocenters. The summed E-state index contributed by atoms with van der Waals surface area (Å²) in [5.41, 5.74) is 5.91. The number of aromatic nitrogens is 1. The smallest absolute Gasteiger partial charge is 0.0964 e. The van der Waals surface area contributed by atoms with Crippen molar-refractivity contribution in [1.82, 2.24) is 9.88 Å². The van der Waals surface area contributed by atoms with Crippen LogP contribution in [0.3, 0.4) is 0 Å². The van der Waals surface area contributed by atoms with E-state index in [1.807, 2.05) is 11.3 Å². The van der Waals surface area contributed by atoms with Gasteiger partial charge in [-0.3, -0.25) is 0 Å². The summed E-state index contributed by atoms with van der Waals surface area (Å²) in [6, 6.07) is 7.02. The van der Waals surface area contributed by atoms with Gasteiger partial charge in [-0.1, -0.05) is 39.8 Å². The molecule has 0 bridgehead atoms. The molecule has 1 fully saturated rings. The van der Waals surface area contributed by atoms with Crippen molar-refractivity contribution in [1.29, 1.82) is 0 Å². The Hall–Kier alpha value is -1.23. The minimum absolute atomic E-state index is 0.231. The van der Waals surface area contributed by atoms with Crippen LogP contribution in [0, 0.1) is 0 Å². The van der Waals surface area contributed by atoms with Gasteiger partial charge in [0.1, 0.15) is 0 Å². The summed E-state index contributed by atoms with van der Waals surface area (Å²) in [5.74, 6) is 0.592. The minimum Gasteiger partial charge on any atom is -0.396 e. The second kappa shape index (κ2) is 7.55. The van der Waals surface area contributed by atoms with Gasteiger partial charge in [0, 0.05) is 30.0 Å². The zero-order chi connectivity index (χ0) is 19.9. The van der Waals surface area contributed by atoms with E-state index in [0.29, 0.717) is 12.5 Å². The lowest BCUT2D eigenvalue weighted by Gasteiger charge is -2.30. The Bertz CT molecular complexity index is 831. The number of fused-ring (bicyclic) bond motifs is 1. The third-order valence-electron chi connectivity index (χ3n) is 6.75. The maximum Gasteiger partial charge on any atom is 0.0964 e. The number of hydrogen-bond donors (Lipinski definition) is 1. The summed E-state index contributed by atoms with van der Waals surface area (Å²) >= 11 is 1.83. The first-order chi connectivity index (χ1) is 13.3. The Morgan fingerprint density at radius 3 is 2.54 bits per heavy atom. The molecule has 1 aliphatic heterocycles. The molecule has 0 spiro atoms. The number of hydrogen-bond acceptors (Lipinski definition) is 4. The maximum atomic E-state index is 9.02. The standard InChI is InChI=1S/C24H34N2OS/c1-23(2)16-24(3,4)20-14-18(6-7-19(20)23)21-15-28-22(25-21)17-8-11-26(12-9-17)10-5-13-27/h6-7,14-15,17,27H,5,8-13,16H2,1-4H3. The van der Waals surface area contributed by atoms with Gasteiger partial charge in [-0.15, -0.1) is 11.3 Å². The largest absolute Gasteiger partial charge is 0.396 e. The van der Waals surface area contributed by atoms with Gasteiger partial charge in [-0.2, -0.15) is 0 Å². The van der Waals surface area contributed by atoms with Crippen LogP contribution in [-0.2, 0) is 10.8 Å². The molecule has 2 heterocycles. The Morgan fingerprint density at radius 2 is 1.82 bits per heavy atom. The van der Waals surface area contributed by atoms with Crippen molar-refractivity contribution >= 4 is 11.3 Å². The van der Waals surface area contributed by atoms with E-state index in [-0.39, 0.29) is 10.8 Å². The van der Waals surface area contributed by atoms with E-state index in [2.05, 4.69) is 56.2 Å². The summed E-state index contributed by atoms with van der Waals surface area (Å²) < 4.78 is 0. The Kier molecular flexibility index (Phi) is 5.41. The lowest BCUT2D eigenvalue weighted by atomic mass is 9.82. The molecule has 0 radical (unpaired) electrons. The molecule has 1 aromatic carbocycles. The molecule has 1 aliphatic carbocycles. The summed E-state index contributed by atoms with van der Waals surface area (Å²) in [7, 11) is 0. The average molecular weight is 399 g/mol. The molecular formula is C24H34N2OS.